The lowest BCUT2D eigenvalue weighted by atomic mass is 10.2. The first-order chi connectivity index (χ1) is 11.7. The Morgan fingerprint density at radius 2 is 1.80 bits per heavy atom. The average molecular weight is 436 g/mol. The minimum absolute atomic E-state index is 0. The molecule has 2 N–H and O–H groups in total. The third-order valence-electron chi connectivity index (χ3n) is 3.53. The maximum Gasteiger partial charge on any atom is 0.230 e. The number of nitrogens with zero attached hydrogens (tertiary/aromatic N) is 3. The van der Waals surface area contributed by atoms with Crippen molar-refractivity contribution in [2.75, 3.05) is 0 Å². The first-order valence-electron chi connectivity index (χ1n) is 7.13. The Bertz CT molecular complexity index is 1040. The minimum Gasteiger partial charge on any atom is -0.493 e. The fourth-order valence-electron chi connectivity index (χ4n) is 2.37. The molecule has 0 spiro atoms. The van der Waals surface area contributed by atoms with Crippen molar-refractivity contribution >= 4 is 61.6 Å². The van der Waals surface area contributed by atoms with Crippen LogP contribution in [-0.4, -0.2) is 15.1 Å². The van der Waals surface area contributed by atoms with Gasteiger partial charge in [-0.05, 0) is 18.2 Å². The van der Waals surface area contributed by atoms with Crippen LogP contribution in [0.25, 0.3) is 22.2 Å². The van der Waals surface area contributed by atoms with Crippen LogP contribution in [0.4, 0.5) is 10.8 Å². The van der Waals surface area contributed by atoms with Crippen LogP contribution < -0.4 is 0 Å². The second kappa shape index (κ2) is 7.35. The highest BCUT2D eigenvalue weighted by Crippen LogP contribution is 2.36. The van der Waals surface area contributed by atoms with Crippen molar-refractivity contribution in [2.24, 2.45) is 10.2 Å². The van der Waals surface area contributed by atoms with Crippen molar-refractivity contribution in [3.05, 3.63) is 58.9 Å². The van der Waals surface area contributed by atoms with Gasteiger partial charge in [-0.2, -0.15) is 0 Å². The van der Waals surface area contributed by atoms with Crippen LogP contribution in [0, 0.1) is 0 Å². The largest absolute Gasteiger partial charge is 0.493 e. The number of aromatic amines is 1. The molecule has 2 aromatic heterocycles. The summed E-state index contributed by atoms with van der Waals surface area (Å²) in [7, 11) is 0. The molecule has 5 nitrogen and oxygen atoms in total. The standard InChI is InChI=1S/C17H11ClN4OS.BrH/c18-11-7-5-10(6-8-11)14-9-24-17(20-14)22-21-15-12-3-1-2-4-13(12)19-16(15)23;/h1-9,19,23H;1H. The predicted octanol–water partition coefficient (Wildman–Crippen LogP) is 6.64. The van der Waals surface area contributed by atoms with Gasteiger partial charge in [0.2, 0.25) is 11.0 Å². The number of nitrogens with one attached hydrogen (secondary N) is 1. The van der Waals surface area contributed by atoms with Gasteiger partial charge in [-0.1, -0.05) is 41.9 Å². The van der Waals surface area contributed by atoms with Gasteiger partial charge >= 0.3 is 0 Å². The van der Waals surface area contributed by atoms with E-state index < -0.39 is 0 Å². The van der Waals surface area contributed by atoms with E-state index in [2.05, 4.69) is 20.2 Å². The Morgan fingerprint density at radius 1 is 1.04 bits per heavy atom. The molecule has 4 aromatic rings. The lowest BCUT2D eigenvalue weighted by Gasteiger charge is -1.95. The van der Waals surface area contributed by atoms with Crippen LogP contribution in [0.2, 0.25) is 5.02 Å². The molecule has 2 heterocycles. The summed E-state index contributed by atoms with van der Waals surface area (Å²) in [5.74, 6) is -0.00516. The van der Waals surface area contributed by atoms with Gasteiger partial charge in [0.25, 0.3) is 0 Å². The van der Waals surface area contributed by atoms with Crippen molar-refractivity contribution in [1.82, 2.24) is 9.97 Å². The van der Waals surface area contributed by atoms with Crippen LogP contribution in [0.5, 0.6) is 5.88 Å². The third-order valence-corrected chi connectivity index (χ3v) is 4.50. The maximum atomic E-state index is 9.98. The van der Waals surface area contributed by atoms with Crippen LogP contribution >= 0.6 is 39.9 Å². The van der Waals surface area contributed by atoms with Crippen LogP contribution in [0.15, 0.2) is 64.1 Å². The topological polar surface area (TPSA) is 73.6 Å². The van der Waals surface area contributed by atoms with Crippen LogP contribution in [-0.2, 0) is 0 Å². The number of azo groups is 1. The van der Waals surface area contributed by atoms with Gasteiger partial charge in [-0.25, -0.2) is 4.98 Å². The zero-order chi connectivity index (χ0) is 16.5. The molecular weight excluding hydrogens is 424 g/mol. The van der Waals surface area contributed by atoms with Gasteiger partial charge in [0, 0.05) is 21.4 Å². The summed E-state index contributed by atoms with van der Waals surface area (Å²) < 4.78 is 0. The Kier molecular flexibility index (Phi) is 5.17. The molecule has 0 saturated heterocycles. The molecule has 2 aromatic carbocycles. The van der Waals surface area contributed by atoms with E-state index in [1.54, 1.807) is 0 Å². The number of para-hydroxylation sites is 1. The molecule has 0 atom stereocenters. The number of hydrogen-bond acceptors (Lipinski definition) is 5. The second-order valence-corrected chi connectivity index (χ2v) is 6.36. The summed E-state index contributed by atoms with van der Waals surface area (Å²) in [5.41, 5.74) is 3.00. The molecule has 25 heavy (non-hydrogen) atoms. The molecule has 8 heteroatoms. The molecule has 0 aliphatic heterocycles. The molecule has 0 unspecified atom stereocenters. The zero-order valence-electron chi connectivity index (χ0n) is 12.7. The predicted molar refractivity (Wildman–Crippen MR) is 107 cm³/mol. The monoisotopic (exact) mass is 434 g/mol. The van der Waals surface area contributed by atoms with Crippen molar-refractivity contribution in [2.45, 2.75) is 0 Å². The van der Waals surface area contributed by atoms with Crippen molar-refractivity contribution in [3.8, 4) is 17.1 Å². The maximum absolute atomic E-state index is 9.98. The second-order valence-electron chi connectivity index (χ2n) is 5.09. The van der Waals surface area contributed by atoms with E-state index in [0.29, 0.717) is 15.8 Å². The van der Waals surface area contributed by atoms with Crippen LogP contribution in [0.3, 0.4) is 0 Å². The SMILES string of the molecule is Br.Oc1[nH]c2ccccc2c1N=Nc1nc(-c2ccc(Cl)cc2)cs1. The van der Waals surface area contributed by atoms with E-state index in [-0.39, 0.29) is 22.9 Å². The quantitative estimate of drug-likeness (QED) is 0.354. The molecule has 126 valence electrons. The van der Waals surface area contributed by atoms with Crippen molar-refractivity contribution < 1.29 is 5.11 Å². The summed E-state index contributed by atoms with van der Waals surface area (Å²) in [6.07, 6.45) is 0. The number of benzene rings is 2. The highest BCUT2D eigenvalue weighted by molar-refractivity contribution is 8.93. The van der Waals surface area contributed by atoms with Gasteiger partial charge in [-0.15, -0.1) is 38.5 Å². The third kappa shape index (κ3) is 3.58. The lowest BCUT2D eigenvalue weighted by molar-refractivity contribution is 0.459. The smallest absolute Gasteiger partial charge is 0.230 e. The molecule has 0 radical (unpaired) electrons. The van der Waals surface area contributed by atoms with E-state index in [4.69, 9.17) is 11.6 Å². The van der Waals surface area contributed by atoms with Gasteiger partial charge in [0.15, 0.2) is 5.69 Å². The van der Waals surface area contributed by atoms with E-state index in [0.717, 1.165) is 22.2 Å². The number of aromatic hydroxyl groups is 1. The number of H-pyrrole nitrogens is 1. The Labute approximate surface area is 162 Å². The Hall–Kier alpha value is -2.22. The summed E-state index contributed by atoms with van der Waals surface area (Å²) in [4.78, 5) is 7.31. The van der Waals surface area contributed by atoms with Crippen molar-refractivity contribution in [3.63, 3.8) is 0 Å². The molecule has 0 amide bonds. The summed E-state index contributed by atoms with van der Waals surface area (Å²) >= 11 is 7.28. The molecule has 0 fully saturated rings. The number of fused-ring (bicyclic) bond motifs is 1. The molecular formula is C17H12BrClN4OS. The van der Waals surface area contributed by atoms with E-state index >= 15 is 0 Å². The van der Waals surface area contributed by atoms with Gasteiger partial charge < -0.3 is 10.1 Å². The van der Waals surface area contributed by atoms with E-state index in [1.165, 1.54) is 11.3 Å². The Morgan fingerprint density at radius 3 is 2.60 bits per heavy atom. The molecule has 0 aliphatic carbocycles. The number of aromatic nitrogens is 2. The highest BCUT2D eigenvalue weighted by Gasteiger charge is 2.10. The number of hydrogen-bond donors (Lipinski definition) is 2. The summed E-state index contributed by atoms with van der Waals surface area (Å²) in [5, 5.41) is 22.2. The van der Waals surface area contributed by atoms with E-state index in [9.17, 15) is 5.11 Å². The molecule has 4 rings (SSSR count). The summed E-state index contributed by atoms with van der Waals surface area (Å²) in [6.45, 7) is 0. The first kappa shape index (κ1) is 17.6. The molecule has 0 aliphatic rings. The molecule has 0 saturated carbocycles. The van der Waals surface area contributed by atoms with Gasteiger partial charge in [0.1, 0.15) is 0 Å². The summed E-state index contributed by atoms with van der Waals surface area (Å²) in [6, 6.07) is 15.0. The number of halogens is 2. The first-order valence-corrected chi connectivity index (χ1v) is 8.39. The van der Waals surface area contributed by atoms with Gasteiger partial charge in [0.05, 0.1) is 11.2 Å². The van der Waals surface area contributed by atoms with Crippen molar-refractivity contribution in [1.29, 1.82) is 0 Å². The number of thiazole rings is 1. The fraction of sp³-hybridized carbons (Fsp3) is 0. The fourth-order valence-corrected chi connectivity index (χ4v) is 3.14. The average Bonchev–Trinajstić information content (AvgIpc) is 3.17. The van der Waals surface area contributed by atoms with Gasteiger partial charge in [-0.3, -0.25) is 0 Å². The van der Waals surface area contributed by atoms with E-state index in [1.807, 2.05) is 53.9 Å². The molecule has 0 bridgehead atoms. The van der Waals surface area contributed by atoms with Crippen LogP contribution in [0.1, 0.15) is 0 Å². The zero-order valence-corrected chi connectivity index (χ0v) is 16.0. The minimum atomic E-state index is -0.00516. The lowest BCUT2D eigenvalue weighted by Crippen LogP contribution is -1.75. The Balaban J connectivity index is 0.00000182. The number of rotatable bonds is 3. The highest BCUT2D eigenvalue weighted by atomic mass is 79.9. The normalized spacial score (nSPS) is 11.1.